The fourth-order valence-electron chi connectivity index (χ4n) is 2.92. The molecule has 0 aromatic rings. The lowest BCUT2D eigenvalue weighted by Crippen LogP contribution is -2.40. The van der Waals surface area contributed by atoms with Gasteiger partial charge in [0.05, 0.1) is 6.54 Å². The second-order valence-corrected chi connectivity index (χ2v) is 5.56. The minimum Gasteiger partial charge on any atom is -0.480 e. The van der Waals surface area contributed by atoms with E-state index in [0.717, 1.165) is 5.92 Å². The molecule has 0 aromatic heterocycles. The normalized spacial score (nSPS) is 31.4. The largest absolute Gasteiger partial charge is 0.480 e. The molecule has 2 saturated carbocycles. The van der Waals surface area contributed by atoms with Gasteiger partial charge in [-0.2, -0.15) is 0 Å². The Morgan fingerprint density at radius 1 is 1.12 bits per heavy atom. The Morgan fingerprint density at radius 3 is 2.38 bits per heavy atom. The Morgan fingerprint density at radius 2 is 1.75 bits per heavy atom. The Hall–Kier alpha value is -0.570. The van der Waals surface area contributed by atoms with Gasteiger partial charge in [-0.25, -0.2) is 0 Å². The van der Waals surface area contributed by atoms with Crippen molar-refractivity contribution in [2.75, 3.05) is 6.54 Å². The minimum atomic E-state index is -0.663. The zero-order valence-electron chi connectivity index (χ0n) is 10.2. The van der Waals surface area contributed by atoms with E-state index in [-0.39, 0.29) is 6.54 Å². The van der Waals surface area contributed by atoms with E-state index in [1.165, 1.54) is 44.9 Å². The number of carboxylic acids is 1. The van der Waals surface area contributed by atoms with Crippen LogP contribution in [0.4, 0.5) is 0 Å². The third kappa shape index (κ3) is 3.21. The van der Waals surface area contributed by atoms with Gasteiger partial charge in [0.1, 0.15) is 0 Å². The highest BCUT2D eigenvalue weighted by Crippen LogP contribution is 2.33. The van der Waals surface area contributed by atoms with Crippen molar-refractivity contribution in [1.29, 1.82) is 0 Å². The monoisotopic (exact) mass is 225 g/mol. The summed E-state index contributed by atoms with van der Waals surface area (Å²) in [6.07, 6.45) is 8.68. The van der Waals surface area contributed by atoms with Gasteiger partial charge in [0, 0.05) is 12.1 Å². The highest BCUT2D eigenvalue weighted by molar-refractivity contribution is 5.69. The first-order valence-corrected chi connectivity index (χ1v) is 6.64. The van der Waals surface area contributed by atoms with Gasteiger partial charge < -0.3 is 5.11 Å². The predicted octanol–water partition coefficient (Wildman–Crippen LogP) is 2.50. The zero-order valence-corrected chi connectivity index (χ0v) is 10.2. The first-order valence-electron chi connectivity index (χ1n) is 6.64. The molecule has 0 bridgehead atoms. The van der Waals surface area contributed by atoms with E-state index >= 15 is 0 Å². The van der Waals surface area contributed by atoms with Gasteiger partial charge in [0.2, 0.25) is 0 Å². The van der Waals surface area contributed by atoms with Crippen molar-refractivity contribution in [2.45, 2.75) is 64.0 Å². The predicted molar refractivity (Wildman–Crippen MR) is 63.4 cm³/mol. The maximum atomic E-state index is 10.9. The van der Waals surface area contributed by atoms with Crippen LogP contribution >= 0.6 is 0 Å². The zero-order chi connectivity index (χ0) is 11.5. The second-order valence-electron chi connectivity index (χ2n) is 5.56. The van der Waals surface area contributed by atoms with Crippen LogP contribution in [0.3, 0.4) is 0 Å². The summed E-state index contributed by atoms with van der Waals surface area (Å²) in [5.41, 5.74) is 0. The molecule has 2 atom stereocenters. The minimum absolute atomic E-state index is 0.254. The van der Waals surface area contributed by atoms with E-state index in [4.69, 9.17) is 5.11 Å². The molecule has 0 aromatic carbocycles. The first kappa shape index (κ1) is 11.9. The molecule has 16 heavy (non-hydrogen) atoms. The van der Waals surface area contributed by atoms with Crippen LogP contribution < -0.4 is 0 Å². The standard InChI is InChI=1S/C13H23NO2/c1-10-3-2-4-11(6-5-10)14(9-13(15)16)12-7-8-12/h10-12H,2-9H2,1H3,(H,15,16). The summed E-state index contributed by atoms with van der Waals surface area (Å²) < 4.78 is 0. The van der Waals surface area contributed by atoms with Crippen LogP contribution in [0.1, 0.15) is 51.9 Å². The molecule has 0 heterocycles. The summed E-state index contributed by atoms with van der Waals surface area (Å²) in [5, 5.41) is 8.97. The van der Waals surface area contributed by atoms with Crippen molar-refractivity contribution in [3.05, 3.63) is 0 Å². The van der Waals surface area contributed by atoms with E-state index < -0.39 is 5.97 Å². The number of hydrogen-bond donors (Lipinski definition) is 1. The summed E-state index contributed by atoms with van der Waals surface area (Å²) in [6, 6.07) is 1.11. The molecule has 3 nitrogen and oxygen atoms in total. The molecule has 2 aliphatic rings. The lowest BCUT2D eigenvalue weighted by Gasteiger charge is -2.29. The summed E-state index contributed by atoms with van der Waals surface area (Å²) >= 11 is 0. The lowest BCUT2D eigenvalue weighted by atomic mass is 10.0. The van der Waals surface area contributed by atoms with Crippen molar-refractivity contribution >= 4 is 5.97 Å². The fraction of sp³-hybridized carbons (Fsp3) is 0.923. The summed E-state index contributed by atoms with van der Waals surface area (Å²) in [5.74, 6) is 0.167. The van der Waals surface area contributed by atoms with Gasteiger partial charge in [0.25, 0.3) is 0 Å². The fourth-order valence-corrected chi connectivity index (χ4v) is 2.92. The quantitative estimate of drug-likeness (QED) is 0.747. The second kappa shape index (κ2) is 5.17. The van der Waals surface area contributed by atoms with E-state index in [2.05, 4.69) is 11.8 Å². The van der Waals surface area contributed by atoms with Crippen LogP contribution in [0.15, 0.2) is 0 Å². The highest BCUT2D eigenvalue weighted by atomic mass is 16.4. The number of carboxylic acid groups (broad SMARTS) is 1. The molecular weight excluding hydrogens is 202 g/mol. The maximum Gasteiger partial charge on any atom is 0.317 e. The van der Waals surface area contributed by atoms with E-state index in [1.54, 1.807) is 0 Å². The molecular formula is C13H23NO2. The Labute approximate surface area is 97.8 Å². The average molecular weight is 225 g/mol. The molecule has 3 heteroatoms. The number of hydrogen-bond acceptors (Lipinski definition) is 2. The Balaban J connectivity index is 1.93. The molecule has 0 aliphatic heterocycles. The van der Waals surface area contributed by atoms with Crippen molar-refractivity contribution in [3.8, 4) is 0 Å². The van der Waals surface area contributed by atoms with Crippen molar-refractivity contribution in [1.82, 2.24) is 4.90 Å². The summed E-state index contributed by atoms with van der Waals surface area (Å²) in [7, 11) is 0. The molecule has 0 amide bonds. The summed E-state index contributed by atoms with van der Waals surface area (Å²) in [4.78, 5) is 13.2. The third-order valence-corrected chi connectivity index (χ3v) is 4.03. The molecule has 0 radical (unpaired) electrons. The van der Waals surface area contributed by atoms with Crippen LogP contribution in [0.5, 0.6) is 0 Å². The Bertz CT molecular complexity index is 250. The van der Waals surface area contributed by atoms with Crippen molar-refractivity contribution < 1.29 is 9.90 Å². The van der Waals surface area contributed by atoms with Gasteiger partial charge in [-0.15, -0.1) is 0 Å². The van der Waals surface area contributed by atoms with E-state index in [9.17, 15) is 4.79 Å². The van der Waals surface area contributed by atoms with E-state index in [0.29, 0.717) is 12.1 Å². The molecule has 2 rings (SSSR count). The molecule has 2 fully saturated rings. The molecule has 92 valence electrons. The number of aliphatic carboxylic acids is 1. The van der Waals surface area contributed by atoms with Crippen LogP contribution in [0.25, 0.3) is 0 Å². The maximum absolute atomic E-state index is 10.9. The van der Waals surface area contributed by atoms with Crippen LogP contribution in [0, 0.1) is 5.92 Å². The van der Waals surface area contributed by atoms with E-state index in [1.807, 2.05) is 0 Å². The molecule has 2 unspecified atom stereocenters. The third-order valence-electron chi connectivity index (χ3n) is 4.03. The molecule has 1 N–H and O–H groups in total. The van der Waals surface area contributed by atoms with Crippen LogP contribution in [-0.4, -0.2) is 34.6 Å². The average Bonchev–Trinajstić information content (AvgIpc) is 3.01. The Kier molecular flexibility index (Phi) is 3.85. The smallest absolute Gasteiger partial charge is 0.317 e. The lowest BCUT2D eigenvalue weighted by molar-refractivity contribution is -0.139. The van der Waals surface area contributed by atoms with Gasteiger partial charge in [-0.1, -0.05) is 19.8 Å². The van der Waals surface area contributed by atoms with Crippen LogP contribution in [-0.2, 0) is 4.79 Å². The van der Waals surface area contributed by atoms with Crippen molar-refractivity contribution in [2.24, 2.45) is 5.92 Å². The number of rotatable bonds is 4. The van der Waals surface area contributed by atoms with Crippen molar-refractivity contribution in [3.63, 3.8) is 0 Å². The SMILES string of the molecule is CC1CCCC(N(CC(=O)O)C2CC2)CC1. The molecule has 2 aliphatic carbocycles. The topological polar surface area (TPSA) is 40.5 Å². The summed E-state index contributed by atoms with van der Waals surface area (Å²) in [6.45, 7) is 2.57. The van der Waals surface area contributed by atoms with Gasteiger partial charge in [-0.05, 0) is 38.0 Å². The molecule has 0 saturated heterocycles. The number of nitrogens with zero attached hydrogens (tertiary/aromatic N) is 1. The number of carbonyl (C=O) groups is 1. The highest BCUT2D eigenvalue weighted by Gasteiger charge is 2.35. The van der Waals surface area contributed by atoms with Crippen LogP contribution in [0.2, 0.25) is 0 Å². The van der Waals surface area contributed by atoms with Gasteiger partial charge >= 0.3 is 5.97 Å². The van der Waals surface area contributed by atoms with Gasteiger partial charge in [-0.3, -0.25) is 9.69 Å². The molecule has 0 spiro atoms. The van der Waals surface area contributed by atoms with Gasteiger partial charge in [0.15, 0.2) is 0 Å². The first-order chi connectivity index (χ1) is 7.66.